The molecule has 31 heteroatoms. The van der Waals surface area contributed by atoms with Crippen LogP contribution in [0.2, 0.25) is 0 Å². The van der Waals surface area contributed by atoms with Crippen LogP contribution in [-0.2, 0) is 66.9 Å². The van der Waals surface area contributed by atoms with E-state index in [9.17, 15) is 88.9 Å². The normalized spacial score (nSPS) is 41.6. The Morgan fingerprint density at radius 2 is 1.22 bits per heavy atom. The lowest BCUT2D eigenvalue weighted by Crippen LogP contribution is -2.71. The smallest absolute Gasteiger partial charge is 0.397 e. The molecule has 3 amide bonds. The van der Waals surface area contributed by atoms with Crippen LogP contribution in [0.3, 0.4) is 0 Å². The molecule has 370 valence electrons. The number of aliphatic hydroxyl groups is 11. The number of hydrogen-bond acceptors (Lipinski definition) is 25. The van der Waals surface area contributed by atoms with E-state index in [1.807, 2.05) is 0 Å². The molecule has 4 rings (SSSR count). The van der Waals surface area contributed by atoms with Crippen molar-refractivity contribution in [2.75, 3.05) is 26.4 Å². The van der Waals surface area contributed by atoms with Gasteiger partial charge in [0.15, 0.2) is 18.9 Å². The molecule has 4 aliphatic heterocycles. The first kappa shape index (κ1) is 53.6. The average Bonchev–Trinajstić information content (AvgIpc) is 3.20. The van der Waals surface area contributed by atoms with Crippen molar-refractivity contribution in [3.63, 3.8) is 0 Å². The van der Waals surface area contributed by atoms with Crippen LogP contribution in [0.15, 0.2) is 0 Å². The molecule has 4 aliphatic rings. The van der Waals surface area contributed by atoms with Gasteiger partial charge in [-0.3, -0.25) is 18.9 Å². The van der Waals surface area contributed by atoms with E-state index in [0.29, 0.717) is 0 Å². The third kappa shape index (κ3) is 12.5. The lowest BCUT2D eigenvalue weighted by molar-refractivity contribution is -0.385. The Balaban J connectivity index is 1.66. The Bertz CT molecular complexity index is 1720. The molecule has 0 aromatic carbocycles. The van der Waals surface area contributed by atoms with Crippen molar-refractivity contribution >= 4 is 34.1 Å². The number of aliphatic carboxylic acids is 1. The van der Waals surface area contributed by atoms with Crippen LogP contribution in [-0.4, -0.2) is 253 Å². The van der Waals surface area contributed by atoms with Crippen LogP contribution < -0.4 is 16.0 Å². The third-order valence-electron chi connectivity index (χ3n) is 10.6. The van der Waals surface area contributed by atoms with Crippen LogP contribution >= 0.6 is 0 Å². The number of carbonyl (C=O) groups excluding carboxylic acids is 3. The van der Waals surface area contributed by atoms with E-state index in [2.05, 4.69) is 20.1 Å². The largest absolute Gasteiger partial charge is 0.477 e. The molecule has 0 aliphatic carbocycles. The summed E-state index contributed by atoms with van der Waals surface area (Å²) in [5.41, 5.74) is 0. The van der Waals surface area contributed by atoms with Gasteiger partial charge in [-0.1, -0.05) is 0 Å². The van der Waals surface area contributed by atoms with Crippen molar-refractivity contribution in [1.29, 1.82) is 0 Å². The monoisotopic (exact) mass is 957 g/mol. The molecule has 4 heterocycles. The average molecular weight is 958 g/mol. The van der Waals surface area contributed by atoms with Crippen LogP contribution in [0.5, 0.6) is 0 Å². The molecular formula is C33H55N3O27S. The Labute approximate surface area is 362 Å². The van der Waals surface area contributed by atoms with Crippen LogP contribution in [0.1, 0.15) is 27.2 Å². The molecule has 4 fully saturated rings. The fraction of sp³-hybridized carbons (Fsp3) is 0.879. The van der Waals surface area contributed by atoms with Gasteiger partial charge in [-0.05, 0) is 0 Å². The van der Waals surface area contributed by atoms with Crippen LogP contribution in [0.25, 0.3) is 0 Å². The summed E-state index contributed by atoms with van der Waals surface area (Å²) in [5.74, 6) is -7.74. The topological polar surface area (TPSA) is 475 Å². The first-order valence-electron chi connectivity index (χ1n) is 19.4. The second kappa shape index (κ2) is 22.2. The minimum Gasteiger partial charge on any atom is -0.477 e. The molecule has 30 nitrogen and oxygen atoms in total. The number of amides is 3. The minimum absolute atomic E-state index is 0.798. The zero-order valence-corrected chi connectivity index (χ0v) is 34.8. The molecule has 0 spiro atoms. The van der Waals surface area contributed by atoms with E-state index in [1.165, 1.54) is 0 Å². The van der Waals surface area contributed by atoms with Gasteiger partial charge in [0.05, 0.1) is 38.6 Å². The fourth-order valence-corrected chi connectivity index (χ4v) is 7.91. The van der Waals surface area contributed by atoms with Gasteiger partial charge in [-0.2, -0.15) is 8.42 Å². The maximum absolute atomic E-state index is 12.9. The molecule has 21 atom stereocenters. The standard InChI is InChI=1S/C33H55N3O27S/c1-9(40)34-17-12(43)4-33(32(51)52,62-27(17)20(45)13(44)5-37)63-28-21(46)14(6-38)58-31(24(28)49)61-25-15(7-39)59-30(19(23(25)48)36-11(3)42)60-26-16(8-56-64(53,54)55)57-29(50)18(22(26)47)35-10(2)41/h12-31,37-39,43-50H,4-8H2,1-3H3,(H,34,40)(H,35,41)(H,36,42)(H,51,52)(H,53,54,55)/t12-,13+,14+,15+,16+,17+,18+,19+,20+,21-,22+,23+,24+,25+,26+,27+,28-,29?,30-,31+,33-/m0/s1. The Hall–Kier alpha value is -2.97. The van der Waals surface area contributed by atoms with Gasteiger partial charge in [0, 0.05) is 27.2 Å². The van der Waals surface area contributed by atoms with Crippen molar-refractivity contribution in [3.05, 3.63) is 0 Å². The summed E-state index contributed by atoms with van der Waals surface area (Å²) in [6.07, 6.45) is -35.9. The van der Waals surface area contributed by atoms with Crippen molar-refractivity contribution < 1.29 is 131 Å². The molecule has 4 saturated heterocycles. The predicted molar refractivity (Wildman–Crippen MR) is 196 cm³/mol. The maximum atomic E-state index is 12.9. The summed E-state index contributed by atoms with van der Waals surface area (Å²) in [5, 5.41) is 135. The van der Waals surface area contributed by atoms with Crippen LogP contribution in [0.4, 0.5) is 0 Å². The first-order valence-corrected chi connectivity index (χ1v) is 20.7. The molecule has 0 aromatic rings. The molecule has 0 radical (unpaired) electrons. The number of carbonyl (C=O) groups is 4. The van der Waals surface area contributed by atoms with E-state index >= 15 is 0 Å². The molecule has 0 aromatic heterocycles. The quantitative estimate of drug-likeness (QED) is 0.0567. The number of nitrogens with one attached hydrogen (secondary N) is 3. The highest BCUT2D eigenvalue weighted by Gasteiger charge is 2.60. The van der Waals surface area contributed by atoms with Gasteiger partial charge in [0.25, 0.3) is 5.79 Å². The van der Waals surface area contributed by atoms with E-state index in [0.717, 1.165) is 20.8 Å². The summed E-state index contributed by atoms with van der Waals surface area (Å²) >= 11 is 0. The zero-order valence-electron chi connectivity index (χ0n) is 34.0. The highest BCUT2D eigenvalue weighted by Crippen LogP contribution is 2.39. The van der Waals surface area contributed by atoms with E-state index < -0.39 is 195 Å². The zero-order chi connectivity index (χ0) is 48.2. The summed E-state index contributed by atoms with van der Waals surface area (Å²) in [4.78, 5) is 49.1. The van der Waals surface area contributed by atoms with Crippen molar-refractivity contribution in [1.82, 2.24) is 16.0 Å². The number of carboxylic acid groups (broad SMARTS) is 1. The Morgan fingerprint density at radius 3 is 1.75 bits per heavy atom. The number of ether oxygens (including phenoxy) is 7. The first-order chi connectivity index (χ1) is 29.8. The second-order valence-corrected chi connectivity index (χ2v) is 16.4. The molecule has 0 bridgehead atoms. The molecule has 1 unspecified atom stereocenters. The summed E-state index contributed by atoms with van der Waals surface area (Å²) in [6.45, 7) is -1.52. The van der Waals surface area contributed by atoms with Crippen molar-refractivity contribution in [2.24, 2.45) is 0 Å². The second-order valence-electron chi connectivity index (χ2n) is 15.3. The molecule has 16 N–H and O–H groups in total. The van der Waals surface area contributed by atoms with Crippen LogP contribution in [0, 0.1) is 0 Å². The molecule has 0 saturated carbocycles. The van der Waals surface area contributed by atoms with E-state index in [-0.39, 0.29) is 0 Å². The lowest BCUT2D eigenvalue weighted by atomic mass is 9.88. The lowest BCUT2D eigenvalue weighted by Gasteiger charge is -2.51. The van der Waals surface area contributed by atoms with Gasteiger partial charge >= 0.3 is 16.4 Å². The van der Waals surface area contributed by atoms with E-state index in [4.69, 9.17) is 37.7 Å². The van der Waals surface area contributed by atoms with E-state index in [1.54, 1.807) is 0 Å². The van der Waals surface area contributed by atoms with Crippen molar-refractivity contribution in [3.8, 4) is 0 Å². The Morgan fingerprint density at radius 1 is 0.703 bits per heavy atom. The van der Waals surface area contributed by atoms with Crippen molar-refractivity contribution in [2.45, 2.75) is 155 Å². The minimum atomic E-state index is -5.18. The van der Waals surface area contributed by atoms with Gasteiger partial charge in [-0.25, -0.2) is 8.98 Å². The highest BCUT2D eigenvalue weighted by atomic mass is 32.3. The summed E-state index contributed by atoms with van der Waals surface area (Å²) in [6, 6.07) is -5.15. The summed E-state index contributed by atoms with van der Waals surface area (Å²) in [7, 11) is -5.18. The number of aliphatic hydroxyl groups excluding tert-OH is 11. The predicted octanol–water partition coefficient (Wildman–Crippen LogP) is -10.3. The van der Waals surface area contributed by atoms with Gasteiger partial charge < -0.3 is 110 Å². The molecule has 64 heavy (non-hydrogen) atoms. The number of carboxylic acids is 1. The van der Waals surface area contributed by atoms with Gasteiger partial charge in [0.1, 0.15) is 91.4 Å². The molecular weight excluding hydrogens is 902 g/mol. The SMILES string of the molecule is CC(=O)N[C@H]1[C@H](O[C@H]2[C@H](O)[C@@H](NC(C)=O)C(O)O[C@@H]2COS(=O)(=O)O)O[C@H](CO)[C@@H](O[C@H]2O[C@H](CO)[C@H](O)[C@H](O[C@]3(C(=O)O)C[C@H](O)[C@@H](NC(C)=O)[C@H]([C@H](O)[C@H](O)CO)O3)[C@H]2O)[C@@H]1O. The van der Waals surface area contributed by atoms with Gasteiger partial charge in [0.2, 0.25) is 17.7 Å². The summed E-state index contributed by atoms with van der Waals surface area (Å²) < 4.78 is 75.7. The van der Waals surface area contributed by atoms with Gasteiger partial charge in [-0.15, -0.1) is 0 Å². The Kier molecular flexibility index (Phi) is 18.6. The number of hydrogen-bond donors (Lipinski definition) is 16. The fourth-order valence-electron chi connectivity index (χ4n) is 7.60. The highest BCUT2D eigenvalue weighted by molar-refractivity contribution is 7.80. The number of rotatable bonds is 18. The maximum Gasteiger partial charge on any atom is 0.397 e. The third-order valence-corrected chi connectivity index (χ3v) is 11.0.